The van der Waals surface area contributed by atoms with E-state index in [4.69, 9.17) is 9.94 Å². The standard InChI is InChI=1S/C10H13NO5S/c12-10(13)6-7-17(14,15)11-16-8-9-4-2-1-3-5-9/h1-5,11H,6-8H2,(H,12,13). The van der Waals surface area contributed by atoms with Crippen LogP contribution in [0.4, 0.5) is 0 Å². The molecule has 2 N–H and O–H groups in total. The Morgan fingerprint density at radius 1 is 1.29 bits per heavy atom. The van der Waals surface area contributed by atoms with E-state index < -0.39 is 28.2 Å². The summed E-state index contributed by atoms with van der Waals surface area (Å²) < 4.78 is 22.5. The Balaban J connectivity index is 2.33. The summed E-state index contributed by atoms with van der Waals surface area (Å²) in [6.45, 7) is 0.0904. The first-order valence-corrected chi connectivity index (χ1v) is 6.52. The number of hydrogen-bond donors (Lipinski definition) is 2. The highest BCUT2D eigenvalue weighted by Gasteiger charge is 2.12. The van der Waals surface area contributed by atoms with Gasteiger partial charge in [-0.1, -0.05) is 35.2 Å². The van der Waals surface area contributed by atoms with Gasteiger partial charge in [-0.05, 0) is 5.56 Å². The third-order valence-electron chi connectivity index (χ3n) is 1.85. The molecule has 6 nitrogen and oxygen atoms in total. The highest BCUT2D eigenvalue weighted by atomic mass is 32.2. The minimum absolute atomic E-state index is 0.0904. The molecule has 0 unspecified atom stereocenters. The van der Waals surface area contributed by atoms with Crippen molar-refractivity contribution in [2.45, 2.75) is 13.0 Å². The lowest BCUT2D eigenvalue weighted by molar-refractivity contribution is -0.136. The largest absolute Gasteiger partial charge is 0.481 e. The Labute approximate surface area is 99.2 Å². The van der Waals surface area contributed by atoms with Crippen LogP contribution in [0.5, 0.6) is 0 Å². The van der Waals surface area contributed by atoms with E-state index in [1.54, 1.807) is 24.3 Å². The quantitative estimate of drug-likeness (QED) is 0.696. The van der Waals surface area contributed by atoms with Crippen molar-refractivity contribution in [1.29, 1.82) is 0 Å². The predicted octanol–water partition coefficient (Wildman–Crippen LogP) is 0.512. The van der Waals surface area contributed by atoms with E-state index >= 15 is 0 Å². The molecule has 0 aliphatic rings. The van der Waals surface area contributed by atoms with Gasteiger partial charge in [0.1, 0.15) is 0 Å². The van der Waals surface area contributed by atoms with Crippen LogP contribution >= 0.6 is 0 Å². The van der Waals surface area contributed by atoms with Crippen LogP contribution in [0.3, 0.4) is 0 Å². The van der Waals surface area contributed by atoms with Gasteiger partial charge in [-0.15, -0.1) is 0 Å². The van der Waals surface area contributed by atoms with Crippen molar-refractivity contribution in [3.05, 3.63) is 35.9 Å². The zero-order chi connectivity index (χ0) is 12.7. The Bertz CT molecular complexity index is 457. The molecule has 0 aliphatic heterocycles. The molecular weight excluding hydrogens is 246 g/mol. The number of nitrogens with one attached hydrogen (secondary N) is 1. The first-order valence-electron chi connectivity index (χ1n) is 4.86. The Hall–Kier alpha value is -1.44. The molecule has 0 saturated heterocycles. The van der Waals surface area contributed by atoms with E-state index in [0.717, 1.165) is 5.56 Å². The minimum atomic E-state index is -3.70. The van der Waals surface area contributed by atoms with Gasteiger partial charge in [0.25, 0.3) is 0 Å². The van der Waals surface area contributed by atoms with Crippen LogP contribution in [0, 0.1) is 0 Å². The van der Waals surface area contributed by atoms with Crippen molar-refractivity contribution in [2.75, 3.05) is 5.75 Å². The number of carbonyl (C=O) groups is 1. The van der Waals surface area contributed by atoms with E-state index in [2.05, 4.69) is 0 Å². The van der Waals surface area contributed by atoms with Gasteiger partial charge < -0.3 is 5.11 Å². The first kappa shape index (κ1) is 13.6. The van der Waals surface area contributed by atoms with Crippen LogP contribution in [0.1, 0.15) is 12.0 Å². The number of aliphatic carboxylic acids is 1. The maximum Gasteiger partial charge on any atom is 0.304 e. The van der Waals surface area contributed by atoms with Crippen molar-refractivity contribution in [3.8, 4) is 0 Å². The van der Waals surface area contributed by atoms with Crippen molar-refractivity contribution < 1.29 is 23.2 Å². The van der Waals surface area contributed by atoms with Crippen molar-refractivity contribution >= 4 is 16.0 Å². The summed E-state index contributed by atoms with van der Waals surface area (Å²) in [5.41, 5.74) is 0.813. The third-order valence-corrected chi connectivity index (χ3v) is 2.97. The molecule has 94 valence electrons. The lowest BCUT2D eigenvalue weighted by Gasteiger charge is -2.05. The van der Waals surface area contributed by atoms with E-state index in [0.29, 0.717) is 0 Å². The highest BCUT2D eigenvalue weighted by molar-refractivity contribution is 7.89. The lowest BCUT2D eigenvalue weighted by Crippen LogP contribution is -2.27. The van der Waals surface area contributed by atoms with Crippen LogP contribution < -0.4 is 4.89 Å². The van der Waals surface area contributed by atoms with Crippen molar-refractivity contribution in [3.63, 3.8) is 0 Å². The normalized spacial score (nSPS) is 11.3. The van der Waals surface area contributed by atoms with Crippen LogP contribution in [0.2, 0.25) is 0 Å². The van der Waals surface area contributed by atoms with Crippen LogP contribution in [-0.4, -0.2) is 25.2 Å². The molecule has 1 aromatic rings. The maximum atomic E-state index is 11.2. The average molecular weight is 259 g/mol. The van der Waals surface area contributed by atoms with Crippen LogP contribution in [0.25, 0.3) is 0 Å². The molecule has 1 rings (SSSR count). The third kappa shape index (κ3) is 6.00. The SMILES string of the molecule is O=C(O)CCS(=O)(=O)NOCc1ccccc1. The molecule has 0 bridgehead atoms. The van der Waals surface area contributed by atoms with Crippen LogP contribution in [-0.2, 0) is 26.3 Å². The summed E-state index contributed by atoms with van der Waals surface area (Å²) >= 11 is 0. The number of sulfonamides is 1. The molecule has 0 atom stereocenters. The second-order valence-corrected chi connectivity index (χ2v) is 5.12. The average Bonchev–Trinajstić information content (AvgIpc) is 2.28. The summed E-state index contributed by atoms with van der Waals surface area (Å²) in [4.78, 5) is 16.9. The molecule has 0 aromatic heterocycles. The fourth-order valence-corrected chi connectivity index (χ4v) is 1.81. The molecular formula is C10H13NO5S. The Morgan fingerprint density at radius 3 is 2.53 bits per heavy atom. The molecule has 0 heterocycles. The molecule has 0 radical (unpaired) electrons. The molecule has 7 heteroatoms. The van der Waals surface area contributed by atoms with Crippen molar-refractivity contribution in [1.82, 2.24) is 4.89 Å². The van der Waals surface area contributed by atoms with E-state index in [1.165, 1.54) is 0 Å². The smallest absolute Gasteiger partial charge is 0.304 e. The van der Waals surface area contributed by atoms with Gasteiger partial charge in [-0.25, -0.2) is 8.42 Å². The highest BCUT2D eigenvalue weighted by Crippen LogP contribution is 2.00. The van der Waals surface area contributed by atoms with E-state index in [-0.39, 0.29) is 6.61 Å². The monoisotopic (exact) mass is 259 g/mol. The van der Waals surface area contributed by atoms with Crippen LogP contribution in [0.15, 0.2) is 30.3 Å². The molecule has 0 fully saturated rings. The van der Waals surface area contributed by atoms with Gasteiger partial charge in [0.15, 0.2) is 0 Å². The number of benzene rings is 1. The molecule has 0 saturated carbocycles. The molecule has 0 amide bonds. The predicted molar refractivity (Wildman–Crippen MR) is 60.4 cm³/mol. The maximum absolute atomic E-state index is 11.2. The zero-order valence-corrected chi connectivity index (χ0v) is 9.81. The molecule has 1 aromatic carbocycles. The van der Waals surface area contributed by atoms with Gasteiger partial charge >= 0.3 is 5.97 Å². The van der Waals surface area contributed by atoms with E-state index in [9.17, 15) is 13.2 Å². The molecule has 0 aliphatic carbocycles. The van der Waals surface area contributed by atoms with Gasteiger partial charge in [0, 0.05) is 0 Å². The zero-order valence-electron chi connectivity index (χ0n) is 9.00. The van der Waals surface area contributed by atoms with E-state index in [1.807, 2.05) is 11.0 Å². The Morgan fingerprint density at radius 2 is 1.94 bits per heavy atom. The van der Waals surface area contributed by atoms with Gasteiger partial charge in [-0.3, -0.25) is 9.63 Å². The summed E-state index contributed by atoms with van der Waals surface area (Å²) in [7, 11) is -3.70. The second-order valence-electron chi connectivity index (χ2n) is 3.32. The first-order chi connectivity index (χ1) is 7.99. The summed E-state index contributed by atoms with van der Waals surface area (Å²) in [5.74, 6) is -1.67. The fraction of sp³-hybridized carbons (Fsp3) is 0.300. The number of hydrogen-bond acceptors (Lipinski definition) is 4. The fourth-order valence-electron chi connectivity index (χ4n) is 1.04. The Kier molecular flexibility index (Phi) is 5.08. The van der Waals surface area contributed by atoms with Gasteiger partial charge in [0.05, 0.1) is 18.8 Å². The number of rotatable bonds is 7. The lowest BCUT2D eigenvalue weighted by atomic mass is 10.2. The topological polar surface area (TPSA) is 92.7 Å². The summed E-state index contributed by atoms with van der Waals surface area (Å²) in [6.07, 6.45) is -0.454. The van der Waals surface area contributed by atoms with Crippen molar-refractivity contribution in [2.24, 2.45) is 0 Å². The number of carboxylic acids is 1. The second kappa shape index (κ2) is 6.33. The van der Waals surface area contributed by atoms with Gasteiger partial charge in [0.2, 0.25) is 10.0 Å². The number of carboxylic acid groups (broad SMARTS) is 1. The molecule has 0 spiro atoms. The van der Waals surface area contributed by atoms with Gasteiger partial charge in [-0.2, -0.15) is 0 Å². The minimum Gasteiger partial charge on any atom is -0.481 e. The summed E-state index contributed by atoms with van der Waals surface area (Å²) in [5, 5.41) is 8.35. The molecule has 17 heavy (non-hydrogen) atoms. The summed E-state index contributed by atoms with van der Waals surface area (Å²) in [6, 6.07) is 9.01.